The van der Waals surface area contributed by atoms with E-state index in [0.29, 0.717) is 18.6 Å². The summed E-state index contributed by atoms with van der Waals surface area (Å²) in [6.07, 6.45) is 2.34. The van der Waals surface area contributed by atoms with Gasteiger partial charge in [0, 0.05) is 19.1 Å². The summed E-state index contributed by atoms with van der Waals surface area (Å²) in [4.78, 5) is 17.5. The van der Waals surface area contributed by atoms with Crippen LogP contribution in [0.5, 0.6) is 0 Å². The number of carbonyl (C=O) groups is 1. The van der Waals surface area contributed by atoms with Gasteiger partial charge < -0.3 is 20.7 Å². The van der Waals surface area contributed by atoms with Gasteiger partial charge in [0.15, 0.2) is 5.96 Å². The SMILES string of the molecule is CC1CN(C(N)=NCC(=O)NC2CC2)CCO1. The molecule has 6 heteroatoms. The highest BCUT2D eigenvalue weighted by Crippen LogP contribution is 2.18. The van der Waals surface area contributed by atoms with E-state index in [4.69, 9.17) is 10.5 Å². The van der Waals surface area contributed by atoms with Crippen LogP contribution in [-0.4, -0.2) is 55.2 Å². The van der Waals surface area contributed by atoms with Crippen LogP contribution in [0.4, 0.5) is 0 Å². The molecular formula is C11H20N4O2. The van der Waals surface area contributed by atoms with Crippen LogP contribution in [0.15, 0.2) is 4.99 Å². The van der Waals surface area contributed by atoms with E-state index in [2.05, 4.69) is 10.3 Å². The van der Waals surface area contributed by atoms with Gasteiger partial charge in [-0.05, 0) is 19.8 Å². The Labute approximate surface area is 101 Å². The van der Waals surface area contributed by atoms with E-state index in [9.17, 15) is 4.79 Å². The summed E-state index contributed by atoms with van der Waals surface area (Å²) in [5.74, 6) is 0.392. The van der Waals surface area contributed by atoms with Gasteiger partial charge >= 0.3 is 0 Å². The molecule has 0 spiro atoms. The molecule has 0 aromatic heterocycles. The summed E-state index contributed by atoms with van der Waals surface area (Å²) < 4.78 is 5.41. The molecule has 2 fully saturated rings. The first-order valence-corrected chi connectivity index (χ1v) is 6.11. The molecule has 2 rings (SSSR count). The Morgan fingerprint density at radius 2 is 2.35 bits per heavy atom. The molecule has 1 aliphatic carbocycles. The van der Waals surface area contributed by atoms with Crippen molar-refractivity contribution in [3.63, 3.8) is 0 Å². The monoisotopic (exact) mass is 240 g/mol. The third-order valence-corrected chi connectivity index (χ3v) is 2.89. The molecular weight excluding hydrogens is 220 g/mol. The molecule has 1 heterocycles. The molecule has 1 unspecified atom stereocenters. The molecule has 6 nitrogen and oxygen atoms in total. The van der Waals surface area contributed by atoms with Crippen molar-refractivity contribution in [1.29, 1.82) is 0 Å². The van der Waals surface area contributed by atoms with Crippen LogP contribution in [0.3, 0.4) is 0 Å². The van der Waals surface area contributed by atoms with Crippen molar-refractivity contribution in [3.05, 3.63) is 0 Å². The molecule has 0 aromatic rings. The average molecular weight is 240 g/mol. The first kappa shape index (κ1) is 12.2. The second-order valence-electron chi connectivity index (χ2n) is 4.64. The lowest BCUT2D eigenvalue weighted by Crippen LogP contribution is -2.48. The molecule has 2 aliphatic rings. The number of nitrogens with one attached hydrogen (secondary N) is 1. The van der Waals surface area contributed by atoms with Crippen LogP contribution >= 0.6 is 0 Å². The third kappa shape index (κ3) is 3.89. The van der Waals surface area contributed by atoms with Gasteiger partial charge in [-0.2, -0.15) is 0 Å². The van der Waals surface area contributed by atoms with Crippen LogP contribution in [0, 0.1) is 0 Å². The van der Waals surface area contributed by atoms with Crippen molar-refractivity contribution in [2.45, 2.75) is 31.9 Å². The smallest absolute Gasteiger partial charge is 0.242 e. The van der Waals surface area contributed by atoms with E-state index in [-0.39, 0.29) is 18.6 Å². The predicted octanol–water partition coefficient (Wildman–Crippen LogP) is -0.700. The van der Waals surface area contributed by atoms with Crippen molar-refractivity contribution >= 4 is 11.9 Å². The van der Waals surface area contributed by atoms with E-state index in [0.717, 1.165) is 25.9 Å². The third-order valence-electron chi connectivity index (χ3n) is 2.89. The number of hydrogen-bond acceptors (Lipinski definition) is 3. The van der Waals surface area contributed by atoms with Crippen molar-refractivity contribution in [1.82, 2.24) is 10.2 Å². The lowest BCUT2D eigenvalue weighted by atomic mass is 10.3. The van der Waals surface area contributed by atoms with Crippen molar-refractivity contribution in [3.8, 4) is 0 Å². The zero-order valence-corrected chi connectivity index (χ0v) is 10.2. The minimum absolute atomic E-state index is 0.0447. The minimum Gasteiger partial charge on any atom is -0.375 e. The topological polar surface area (TPSA) is 80.0 Å². The fourth-order valence-electron chi connectivity index (χ4n) is 1.78. The van der Waals surface area contributed by atoms with Crippen molar-refractivity contribution in [2.24, 2.45) is 10.7 Å². The van der Waals surface area contributed by atoms with Gasteiger partial charge in [-0.1, -0.05) is 0 Å². The fraction of sp³-hybridized carbons (Fsp3) is 0.818. The van der Waals surface area contributed by atoms with Gasteiger partial charge in [-0.3, -0.25) is 4.79 Å². The van der Waals surface area contributed by atoms with Gasteiger partial charge in [0.05, 0.1) is 12.7 Å². The normalized spacial score (nSPS) is 25.8. The highest BCUT2D eigenvalue weighted by atomic mass is 16.5. The molecule has 3 N–H and O–H groups in total. The molecule has 0 radical (unpaired) electrons. The maximum absolute atomic E-state index is 11.4. The second kappa shape index (κ2) is 5.35. The second-order valence-corrected chi connectivity index (χ2v) is 4.64. The Morgan fingerprint density at radius 3 is 3.00 bits per heavy atom. The Hall–Kier alpha value is -1.30. The number of aliphatic imine (C=N–C) groups is 1. The summed E-state index contributed by atoms with van der Waals surface area (Å²) in [5.41, 5.74) is 5.85. The lowest BCUT2D eigenvalue weighted by Gasteiger charge is -2.31. The quantitative estimate of drug-likeness (QED) is 0.505. The summed E-state index contributed by atoms with van der Waals surface area (Å²) in [5, 5.41) is 2.88. The number of amides is 1. The van der Waals surface area contributed by atoms with Crippen molar-refractivity contribution in [2.75, 3.05) is 26.2 Å². The van der Waals surface area contributed by atoms with E-state index < -0.39 is 0 Å². The van der Waals surface area contributed by atoms with Gasteiger partial charge in [0.1, 0.15) is 6.54 Å². The maximum Gasteiger partial charge on any atom is 0.242 e. The minimum atomic E-state index is -0.0447. The zero-order chi connectivity index (χ0) is 12.3. The molecule has 0 bridgehead atoms. The van der Waals surface area contributed by atoms with Crippen LogP contribution in [0.2, 0.25) is 0 Å². The number of ether oxygens (including phenoxy) is 1. The Bertz CT molecular complexity index is 315. The molecule has 17 heavy (non-hydrogen) atoms. The number of carbonyl (C=O) groups excluding carboxylic acids is 1. The molecule has 1 saturated heterocycles. The fourth-order valence-corrected chi connectivity index (χ4v) is 1.78. The zero-order valence-electron chi connectivity index (χ0n) is 10.2. The average Bonchev–Trinajstić information content (AvgIpc) is 3.10. The van der Waals surface area contributed by atoms with Crippen molar-refractivity contribution < 1.29 is 9.53 Å². The molecule has 0 aromatic carbocycles. The van der Waals surface area contributed by atoms with Crippen LogP contribution < -0.4 is 11.1 Å². The Morgan fingerprint density at radius 1 is 1.59 bits per heavy atom. The summed E-state index contributed by atoms with van der Waals surface area (Å²) in [6, 6.07) is 0.377. The largest absolute Gasteiger partial charge is 0.375 e. The molecule has 96 valence electrons. The number of guanidine groups is 1. The number of nitrogens with zero attached hydrogens (tertiary/aromatic N) is 2. The Balaban J connectivity index is 1.76. The number of nitrogens with two attached hydrogens (primary N) is 1. The summed E-state index contributed by atoms with van der Waals surface area (Å²) >= 11 is 0. The van der Waals surface area contributed by atoms with Gasteiger partial charge in [-0.25, -0.2) is 4.99 Å². The summed E-state index contributed by atoms with van der Waals surface area (Å²) in [6.45, 7) is 4.25. The van der Waals surface area contributed by atoms with E-state index >= 15 is 0 Å². The van der Waals surface area contributed by atoms with Crippen LogP contribution in [0.25, 0.3) is 0 Å². The maximum atomic E-state index is 11.4. The van der Waals surface area contributed by atoms with E-state index in [1.165, 1.54) is 0 Å². The van der Waals surface area contributed by atoms with Crippen LogP contribution in [-0.2, 0) is 9.53 Å². The molecule has 1 atom stereocenters. The molecule has 1 saturated carbocycles. The van der Waals surface area contributed by atoms with Gasteiger partial charge in [0.25, 0.3) is 0 Å². The standard InChI is InChI=1S/C11H20N4O2/c1-8-7-15(4-5-17-8)11(12)13-6-10(16)14-9-2-3-9/h8-9H,2-7H2,1H3,(H2,12,13)(H,14,16). The highest BCUT2D eigenvalue weighted by Gasteiger charge is 2.23. The summed E-state index contributed by atoms with van der Waals surface area (Å²) in [7, 11) is 0. The predicted molar refractivity (Wildman–Crippen MR) is 64.6 cm³/mol. The molecule has 1 aliphatic heterocycles. The Kier molecular flexibility index (Phi) is 3.83. The van der Waals surface area contributed by atoms with E-state index in [1.54, 1.807) is 0 Å². The lowest BCUT2D eigenvalue weighted by molar-refractivity contribution is -0.119. The number of morpholine rings is 1. The highest BCUT2D eigenvalue weighted by molar-refractivity contribution is 5.84. The first-order chi connectivity index (χ1) is 8.15. The first-order valence-electron chi connectivity index (χ1n) is 6.11. The van der Waals surface area contributed by atoms with Gasteiger partial charge in [-0.15, -0.1) is 0 Å². The number of rotatable bonds is 3. The molecule has 1 amide bonds. The van der Waals surface area contributed by atoms with E-state index in [1.807, 2.05) is 11.8 Å². The van der Waals surface area contributed by atoms with Gasteiger partial charge in [0.2, 0.25) is 5.91 Å². The van der Waals surface area contributed by atoms with Crippen LogP contribution in [0.1, 0.15) is 19.8 Å². The number of hydrogen-bond donors (Lipinski definition) is 2.